The monoisotopic (exact) mass is 435 g/mol. The lowest BCUT2D eigenvalue weighted by atomic mass is 9.96. The molecule has 0 unspecified atom stereocenters. The number of methoxy groups -OCH3 is 2. The van der Waals surface area contributed by atoms with Crippen molar-refractivity contribution in [3.8, 4) is 11.5 Å². The average Bonchev–Trinajstić information content (AvgIpc) is 3.25. The Balaban J connectivity index is 1.34. The summed E-state index contributed by atoms with van der Waals surface area (Å²) in [5.74, 6) is 1.12. The van der Waals surface area contributed by atoms with Crippen molar-refractivity contribution in [2.24, 2.45) is 5.92 Å². The van der Waals surface area contributed by atoms with Crippen molar-refractivity contribution in [1.82, 2.24) is 15.2 Å². The number of piperidine rings is 1. The van der Waals surface area contributed by atoms with Gasteiger partial charge in [-0.25, -0.2) is 0 Å². The van der Waals surface area contributed by atoms with Gasteiger partial charge >= 0.3 is 0 Å². The molecule has 0 radical (unpaired) electrons. The van der Waals surface area contributed by atoms with Crippen LogP contribution in [-0.2, 0) is 22.6 Å². The van der Waals surface area contributed by atoms with E-state index in [1.165, 1.54) is 0 Å². The molecular weight excluding hydrogens is 406 g/mol. The van der Waals surface area contributed by atoms with E-state index in [4.69, 9.17) is 9.47 Å². The van der Waals surface area contributed by atoms with Crippen molar-refractivity contribution in [3.05, 3.63) is 59.8 Å². The molecule has 0 aliphatic carbocycles. The summed E-state index contributed by atoms with van der Waals surface area (Å²) in [5, 5.41) is 4.08. The van der Waals surface area contributed by atoms with Crippen LogP contribution in [-0.4, -0.2) is 49.0 Å². The van der Waals surface area contributed by atoms with Gasteiger partial charge in [0.15, 0.2) is 11.5 Å². The molecule has 2 heterocycles. The van der Waals surface area contributed by atoms with E-state index in [0.717, 1.165) is 34.9 Å². The zero-order chi connectivity index (χ0) is 22.5. The topological polar surface area (TPSA) is 83.7 Å². The molecule has 1 aliphatic rings. The third-order valence-electron chi connectivity index (χ3n) is 6.08. The number of nitrogens with one attached hydrogen (secondary N) is 2. The van der Waals surface area contributed by atoms with Crippen molar-refractivity contribution < 1.29 is 19.1 Å². The molecule has 1 saturated heterocycles. The second-order valence-corrected chi connectivity index (χ2v) is 8.12. The number of hydrogen-bond donors (Lipinski definition) is 2. The molecular formula is C25H29N3O4. The number of H-pyrrole nitrogens is 1. The largest absolute Gasteiger partial charge is 0.493 e. The van der Waals surface area contributed by atoms with Gasteiger partial charge in [-0.3, -0.25) is 9.59 Å². The van der Waals surface area contributed by atoms with Crippen LogP contribution in [0.25, 0.3) is 10.9 Å². The lowest BCUT2D eigenvalue weighted by Gasteiger charge is -2.32. The molecule has 3 aromatic rings. The van der Waals surface area contributed by atoms with Gasteiger partial charge in [0.2, 0.25) is 11.8 Å². The van der Waals surface area contributed by atoms with E-state index < -0.39 is 0 Å². The molecule has 168 valence electrons. The highest BCUT2D eigenvalue weighted by atomic mass is 16.5. The molecule has 1 aromatic heterocycles. The standard InChI is InChI=1S/C25H29N3O4/c1-31-22-10-9-17(12-23(22)32-2)14-27-25(30)18-6-5-11-28(16-18)24(29)13-19-15-26-21-8-4-3-7-20(19)21/h3-4,7-10,12,15,18,26H,5-6,11,13-14,16H2,1-2H3,(H,27,30)/t18-/m0/s1. The van der Waals surface area contributed by atoms with Crippen LogP contribution in [0.5, 0.6) is 11.5 Å². The minimum absolute atomic E-state index is 0.0237. The fourth-order valence-electron chi connectivity index (χ4n) is 4.29. The Morgan fingerprint density at radius 1 is 1.12 bits per heavy atom. The number of amides is 2. The molecule has 0 bridgehead atoms. The van der Waals surface area contributed by atoms with E-state index in [9.17, 15) is 9.59 Å². The second-order valence-electron chi connectivity index (χ2n) is 8.12. The number of rotatable bonds is 7. The van der Waals surface area contributed by atoms with Crippen LogP contribution in [0, 0.1) is 5.92 Å². The van der Waals surface area contributed by atoms with Gasteiger partial charge in [0, 0.05) is 36.7 Å². The zero-order valence-corrected chi connectivity index (χ0v) is 18.5. The first-order valence-corrected chi connectivity index (χ1v) is 10.9. The number of nitrogens with zero attached hydrogens (tertiary/aromatic N) is 1. The maximum Gasteiger partial charge on any atom is 0.227 e. The molecule has 0 spiro atoms. The van der Waals surface area contributed by atoms with E-state index in [1.807, 2.05) is 53.6 Å². The van der Waals surface area contributed by atoms with Gasteiger partial charge in [0.25, 0.3) is 0 Å². The van der Waals surface area contributed by atoms with E-state index >= 15 is 0 Å². The van der Waals surface area contributed by atoms with Gasteiger partial charge in [0.05, 0.1) is 26.6 Å². The number of aromatic nitrogens is 1. The first-order valence-electron chi connectivity index (χ1n) is 10.9. The first-order chi connectivity index (χ1) is 15.6. The normalized spacial score (nSPS) is 16.1. The number of carbonyl (C=O) groups is 2. The lowest BCUT2D eigenvalue weighted by molar-refractivity contribution is -0.135. The molecule has 7 nitrogen and oxygen atoms in total. The highest BCUT2D eigenvalue weighted by Crippen LogP contribution is 2.27. The van der Waals surface area contributed by atoms with Crippen LogP contribution < -0.4 is 14.8 Å². The first kappa shape index (κ1) is 21.7. The van der Waals surface area contributed by atoms with Gasteiger partial charge in [-0.15, -0.1) is 0 Å². The highest BCUT2D eigenvalue weighted by molar-refractivity contribution is 5.89. The fourth-order valence-corrected chi connectivity index (χ4v) is 4.29. The van der Waals surface area contributed by atoms with Crippen LogP contribution in [0.2, 0.25) is 0 Å². The number of hydrogen-bond acceptors (Lipinski definition) is 4. The molecule has 7 heteroatoms. The van der Waals surface area contributed by atoms with Crippen molar-refractivity contribution in [1.29, 1.82) is 0 Å². The third-order valence-corrected chi connectivity index (χ3v) is 6.08. The van der Waals surface area contributed by atoms with Gasteiger partial charge < -0.3 is 24.7 Å². The smallest absolute Gasteiger partial charge is 0.227 e. The van der Waals surface area contributed by atoms with Gasteiger partial charge in [-0.05, 0) is 42.2 Å². The summed E-state index contributed by atoms with van der Waals surface area (Å²) in [7, 11) is 3.18. The van der Waals surface area contributed by atoms with Crippen molar-refractivity contribution in [2.45, 2.75) is 25.8 Å². The number of carbonyl (C=O) groups excluding carboxylic acids is 2. The highest BCUT2D eigenvalue weighted by Gasteiger charge is 2.28. The second kappa shape index (κ2) is 9.77. The Labute approximate surface area is 187 Å². The minimum atomic E-state index is -0.198. The molecule has 32 heavy (non-hydrogen) atoms. The van der Waals surface area contributed by atoms with Gasteiger partial charge in [-0.1, -0.05) is 24.3 Å². The Hall–Kier alpha value is -3.48. The predicted octanol–water partition coefficient (Wildman–Crippen LogP) is 3.28. The number of aromatic amines is 1. The van der Waals surface area contributed by atoms with Crippen LogP contribution in [0.3, 0.4) is 0 Å². The molecule has 1 atom stereocenters. The Bertz CT molecular complexity index is 1110. The number of fused-ring (bicyclic) bond motifs is 1. The molecule has 2 amide bonds. The molecule has 2 aromatic carbocycles. The summed E-state index contributed by atoms with van der Waals surface area (Å²) in [5.41, 5.74) is 2.95. The van der Waals surface area contributed by atoms with E-state index in [0.29, 0.717) is 37.6 Å². The molecule has 0 saturated carbocycles. The predicted molar refractivity (Wildman–Crippen MR) is 123 cm³/mol. The summed E-state index contributed by atoms with van der Waals surface area (Å²) in [6.45, 7) is 1.55. The van der Waals surface area contributed by atoms with Crippen LogP contribution in [0.1, 0.15) is 24.0 Å². The zero-order valence-electron chi connectivity index (χ0n) is 18.5. The number of benzene rings is 2. The summed E-state index contributed by atoms with van der Waals surface area (Å²) in [6, 6.07) is 13.6. The van der Waals surface area contributed by atoms with Gasteiger partial charge in [-0.2, -0.15) is 0 Å². The summed E-state index contributed by atoms with van der Waals surface area (Å²) >= 11 is 0. The average molecular weight is 436 g/mol. The lowest BCUT2D eigenvalue weighted by Crippen LogP contribution is -2.45. The maximum absolute atomic E-state index is 12.9. The quantitative estimate of drug-likeness (QED) is 0.597. The Kier molecular flexibility index (Phi) is 6.63. The summed E-state index contributed by atoms with van der Waals surface area (Å²) < 4.78 is 10.6. The van der Waals surface area contributed by atoms with E-state index in [2.05, 4.69) is 10.3 Å². The minimum Gasteiger partial charge on any atom is -0.493 e. The van der Waals surface area contributed by atoms with Crippen molar-refractivity contribution in [2.75, 3.05) is 27.3 Å². The summed E-state index contributed by atoms with van der Waals surface area (Å²) in [6.07, 6.45) is 3.85. The molecule has 1 fully saturated rings. The Morgan fingerprint density at radius 2 is 1.94 bits per heavy atom. The van der Waals surface area contributed by atoms with E-state index in [-0.39, 0.29) is 17.7 Å². The van der Waals surface area contributed by atoms with Gasteiger partial charge in [0.1, 0.15) is 0 Å². The van der Waals surface area contributed by atoms with Crippen molar-refractivity contribution in [3.63, 3.8) is 0 Å². The number of para-hydroxylation sites is 1. The SMILES string of the molecule is COc1ccc(CNC(=O)[C@H]2CCCN(C(=O)Cc3c[nH]c4ccccc34)C2)cc1OC. The van der Waals surface area contributed by atoms with Crippen LogP contribution in [0.4, 0.5) is 0 Å². The fraction of sp³-hybridized carbons (Fsp3) is 0.360. The van der Waals surface area contributed by atoms with E-state index in [1.54, 1.807) is 14.2 Å². The number of ether oxygens (including phenoxy) is 2. The third kappa shape index (κ3) is 4.72. The summed E-state index contributed by atoms with van der Waals surface area (Å²) in [4.78, 5) is 30.8. The van der Waals surface area contributed by atoms with Crippen molar-refractivity contribution >= 4 is 22.7 Å². The van der Waals surface area contributed by atoms with Crippen LogP contribution in [0.15, 0.2) is 48.7 Å². The van der Waals surface area contributed by atoms with Crippen LogP contribution >= 0.6 is 0 Å². The molecule has 1 aliphatic heterocycles. The molecule has 2 N–H and O–H groups in total. The maximum atomic E-state index is 12.9. The number of likely N-dealkylation sites (tertiary alicyclic amines) is 1. The molecule has 4 rings (SSSR count). The Morgan fingerprint density at radius 3 is 2.75 bits per heavy atom.